The topological polar surface area (TPSA) is 114 Å². The van der Waals surface area contributed by atoms with E-state index < -0.39 is 11.9 Å². The molecule has 8 nitrogen and oxygen atoms in total. The van der Waals surface area contributed by atoms with Crippen LogP contribution in [0.1, 0.15) is 28.2 Å². The lowest BCUT2D eigenvalue weighted by Gasteiger charge is -2.02. The van der Waals surface area contributed by atoms with Crippen molar-refractivity contribution in [2.45, 2.75) is 26.3 Å². The smallest absolute Gasteiger partial charge is 0.328 e. The van der Waals surface area contributed by atoms with Crippen molar-refractivity contribution in [3.05, 3.63) is 78.5 Å². The molecule has 1 aromatic carbocycles. The zero-order chi connectivity index (χ0) is 23.0. The second-order valence-electron chi connectivity index (χ2n) is 6.82. The molecule has 0 aliphatic heterocycles. The monoisotopic (exact) mass is 423 g/mol. The minimum atomic E-state index is -1.26. The van der Waals surface area contributed by atoms with Gasteiger partial charge in [0, 0.05) is 60.5 Å². The van der Waals surface area contributed by atoms with Crippen LogP contribution in [-0.2, 0) is 29.6 Å². The van der Waals surface area contributed by atoms with E-state index in [0.29, 0.717) is 25.0 Å². The molecule has 0 bridgehead atoms. The number of carbonyl (C=O) groups is 3. The molecular formula is C23H25N3O5. The van der Waals surface area contributed by atoms with E-state index in [1.807, 2.05) is 66.0 Å². The van der Waals surface area contributed by atoms with E-state index in [-0.39, 0.29) is 5.78 Å². The maximum absolute atomic E-state index is 12.6. The number of hydrogen-bond acceptors (Lipinski definition) is 4. The zero-order valence-electron chi connectivity index (χ0n) is 17.5. The van der Waals surface area contributed by atoms with Crippen molar-refractivity contribution in [3.63, 3.8) is 0 Å². The number of para-hydroxylation sites is 1. The van der Waals surface area contributed by atoms with Crippen LogP contribution in [0.3, 0.4) is 0 Å². The zero-order valence-corrected chi connectivity index (χ0v) is 17.5. The van der Waals surface area contributed by atoms with Crippen molar-refractivity contribution in [3.8, 4) is 0 Å². The average Bonchev–Trinajstić information content (AvgIpc) is 3.26. The Hall–Kier alpha value is -3.94. The van der Waals surface area contributed by atoms with Gasteiger partial charge in [-0.15, -0.1) is 6.58 Å². The first kappa shape index (κ1) is 23.3. The van der Waals surface area contributed by atoms with Gasteiger partial charge in [-0.2, -0.15) is 0 Å². The maximum atomic E-state index is 12.6. The fourth-order valence-electron chi connectivity index (χ4n) is 3.13. The molecule has 0 aliphatic carbocycles. The molecule has 3 aromatic rings. The summed E-state index contributed by atoms with van der Waals surface area (Å²) in [5.41, 5.74) is 3.98. The van der Waals surface area contributed by atoms with Crippen LogP contribution in [0.4, 0.5) is 0 Å². The third-order valence-corrected chi connectivity index (χ3v) is 4.68. The Morgan fingerprint density at radius 2 is 1.77 bits per heavy atom. The Balaban J connectivity index is 0.000000366. The van der Waals surface area contributed by atoms with Crippen LogP contribution in [0.2, 0.25) is 0 Å². The molecule has 2 aromatic heterocycles. The number of carboxylic acids is 2. The highest BCUT2D eigenvalue weighted by Gasteiger charge is 2.15. The van der Waals surface area contributed by atoms with E-state index in [0.717, 1.165) is 34.4 Å². The lowest BCUT2D eigenvalue weighted by Crippen LogP contribution is -2.03. The molecule has 2 heterocycles. The number of allylic oxidation sites excluding steroid dienone is 1. The van der Waals surface area contributed by atoms with E-state index in [9.17, 15) is 14.4 Å². The van der Waals surface area contributed by atoms with Gasteiger partial charge in [0.15, 0.2) is 5.78 Å². The fraction of sp³-hybridized carbons (Fsp3) is 0.217. The SMILES string of the molecule is C=CCn1cnc(CCC(=O)c2cn(C)c3ccccc23)c1C.O=C(O)C=CC(=O)O. The molecule has 0 amide bonds. The lowest BCUT2D eigenvalue weighted by molar-refractivity contribution is -0.134. The van der Waals surface area contributed by atoms with Crippen molar-refractivity contribution in [2.75, 3.05) is 0 Å². The number of fused-ring (bicyclic) bond motifs is 1. The predicted molar refractivity (Wildman–Crippen MR) is 117 cm³/mol. The predicted octanol–water partition coefficient (Wildman–Crippen LogP) is 3.40. The molecular weight excluding hydrogens is 398 g/mol. The number of carbonyl (C=O) groups excluding carboxylic acids is 1. The van der Waals surface area contributed by atoms with Gasteiger partial charge in [0.1, 0.15) is 0 Å². The third-order valence-electron chi connectivity index (χ3n) is 4.68. The number of nitrogens with zero attached hydrogens (tertiary/aromatic N) is 3. The molecule has 0 fully saturated rings. The molecule has 0 unspecified atom stereocenters. The fourth-order valence-corrected chi connectivity index (χ4v) is 3.13. The van der Waals surface area contributed by atoms with Gasteiger partial charge in [0.2, 0.25) is 0 Å². The van der Waals surface area contributed by atoms with Crippen molar-refractivity contribution >= 4 is 28.6 Å². The van der Waals surface area contributed by atoms with E-state index >= 15 is 0 Å². The minimum Gasteiger partial charge on any atom is -0.478 e. The number of carboxylic acid groups (broad SMARTS) is 2. The van der Waals surface area contributed by atoms with Crippen molar-refractivity contribution in [2.24, 2.45) is 7.05 Å². The molecule has 162 valence electrons. The molecule has 0 aliphatic rings. The summed E-state index contributed by atoms with van der Waals surface area (Å²) in [7, 11) is 1.97. The number of ketones is 1. The highest BCUT2D eigenvalue weighted by molar-refractivity contribution is 6.08. The molecule has 0 saturated heterocycles. The van der Waals surface area contributed by atoms with Crippen LogP contribution in [0.15, 0.2) is 61.6 Å². The van der Waals surface area contributed by atoms with Crippen LogP contribution < -0.4 is 0 Å². The van der Waals surface area contributed by atoms with Gasteiger partial charge in [-0.05, 0) is 19.4 Å². The first-order valence-corrected chi connectivity index (χ1v) is 9.57. The number of hydrogen-bond donors (Lipinski definition) is 2. The molecule has 0 spiro atoms. The summed E-state index contributed by atoms with van der Waals surface area (Å²) in [6.45, 7) is 6.53. The summed E-state index contributed by atoms with van der Waals surface area (Å²) < 4.78 is 4.05. The quantitative estimate of drug-likeness (QED) is 0.326. The molecule has 31 heavy (non-hydrogen) atoms. The number of imidazole rings is 1. The average molecular weight is 423 g/mol. The largest absolute Gasteiger partial charge is 0.478 e. The van der Waals surface area contributed by atoms with Crippen LogP contribution in [-0.4, -0.2) is 42.1 Å². The summed E-state index contributed by atoms with van der Waals surface area (Å²) in [6.07, 6.45) is 7.84. The lowest BCUT2D eigenvalue weighted by atomic mass is 10.0. The van der Waals surface area contributed by atoms with Gasteiger partial charge in [-0.1, -0.05) is 24.3 Å². The van der Waals surface area contributed by atoms with E-state index in [1.165, 1.54) is 0 Å². The summed E-state index contributed by atoms with van der Waals surface area (Å²) >= 11 is 0. The number of Topliss-reactive ketones (excluding diaryl/α,β-unsaturated/α-hetero) is 1. The van der Waals surface area contributed by atoms with Crippen molar-refractivity contribution in [1.82, 2.24) is 14.1 Å². The number of aryl methyl sites for hydroxylation is 2. The highest BCUT2D eigenvalue weighted by Crippen LogP contribution is 2.22. The summed E-state index contributed by atoms with van der Waals surface area (Å²) in [5.74, 6) is -2.35. The molecule has 8 heteroatoms. The second-order valence-corrected chi connectivity index (χ2v) is 6.82. The van der Waals surface area contributed by atoms with Gasteiger partial charge in [-0.3, -0.25) is 4.79 Å². The molecule has 0 saturated carbocycles. The number of benzene rings is 1. The minimum absolute atomic E-state index is 0.166. The van der Waals surface area contributed by atoms with Crippen molar-refractivity contribution in [1.29, 1.82) is 0 Å². The van der Waals surface area contributed by atoms with Gasteiger partial charge in [-0.25, -0.2) is 14.6 Å². The number of aliphatic carboxylic acids is 2. The van der Waals surface area contributed by atoms with Gasteiger partial charge >= 0.3 is 11.9 Å². The van der Waals surface area contributed by atoms with Crippen molar-refractivity contribution < 1.29 is 24.6 Å². The van der Waals surface area contributed by atoms with E-state index in [4.69, 9.17) is 10.2 Å². The number of rotatable bonds is 8. The Morgan fingerprint density at radius 3 is 2.39 bits per heavy atom. The van der Waals surface area contributed by atoms with Gasteiger partial charge in [0.25, 0.3) is 0 Å². The Bertz CT molecular complexity index is 1120. The van der Waals surface area contributed by atoms with Crippen LogP contribution in [0.5, 0.6) is 0 Å². The van der Waals surface area contributed by atoms with E-state index in [1.54, 1.807) is 0 Å². The van der Waals surface area contributed by atoms with Crippen LogP contribution in [0, 0.1) is 6.92 Å². The molecule has 3 rings (SSSR count). The normalized spacial score (nSPS) is 10.6. The Morgan fingerprint density at radius 1 is 1.13 bits per heavy atom. The molecule has 0 radical (unpaired) electrons. The summed E-state index contributed by atoms with van der Waals surface area (Å²) in [6, 6.07) is 8.01. The Kier molecular flexibility index (Phi) is 8.08. The van der Waals surface area contributed by atoms with Crippen LogP contribution >= 0.6 is 0 Å². The van der Waals surface area contributed by atoms with Crippen LogP contribution in [0.25, 0.3) is 10.9 Å². The highest BCUT2D eigenvalue weighted by atomic mass is 16.4. The summed E-state index contributed by atoms with van der Waals surface area (Å²) in [5, 5.41) is 16.6. The van der Waals surface area contributed by atoms with E-state index in [2.05, 4.69) is 11.6 Å². The Labute approximate surface area is 179 Å². The van der Waals surface area contributed by atoms with Gasteiger partial charge < -0.3 is 19.3 Å². The second kappa shape index (κ2) is 10.7. The number of aromatic nitrogens is 3. The first-order chi connectivity index (χ1) is 14.7. The maximum Gasteiger partial charge on any atom is 0.328 e. The first-order valence-electron chi connectivity index (χ1n) is 9.57. The molecule has 0 atom stereocenters. The van der Waals surface area contributed by atoms with Gasteiger partial charge in [0.05, 0.1) is 12.0 Å². The molecule has 2 N–H and O–H groups in total. The third kappa shape index (κ3) is 6.27. The summed E-state index contributed by atoms with van der Waals surface area (Å²) in [4.78, 5) is 36.2. The standard InChI is InChI=1S/C19H21N3O.C4H4O4/c1-4-11-22-13-20-17(14(22)2)9-10-19(23)16-12-21(3)18-8-6-5-7-15(16)18;5-3(6)1-2-4(7)8/h4-8,12-13H,1,9-11H2,2-3H3;1-2H,(H,5,6)(H,7,8).